The highest BCUT2D eigenvalue weighted by molar-refractivity contribution is 5.93. The van der Waals surface area contributed by atoms with Gasteiger partial charge in [-0.25, -0.2) is 0 Å². The van der Waals surface area contributed by atoms with E-state index < -0.39 is 0 Å². The Bertz CT molecular complexity index is 1000. The van der Waals surface area contributed by atoms with E-state index in [9.17, 15) is 4.79 Å². The molecule has 0 aliphatic heterocycles. The third-order valence-electron chi connectivity index (χ3n) is 4.99. The lowest BCUT2D eigenvalue weighted by Crippen LogP contribution is -2.28. The largest absolute Gasteiger partial charge is 0.497 e. The fourth-order valence-corrected chi connectivity index (χ4v) is 3.43. The monoisotopic (exact) mass is 393 g/mol. The first-order chi connectivity index (χ1) is 14.0. The number of amides is 1. The second kappa shape index (κ2) is 8.77. The zero-order chi connectivity index (χ0) is 21.0. The lowest BCUT2D eigenvalue weighted by molar-refractivity contribution is 0.0930. The molecule has 1 amide bonds. The van der Waals surface area contributed by atoms with Gasteiger partial charge < -0.3 is 10.1 Å². The number of benzene rings is 1. The predicted molar refractivity (Wildman–Crippen MR) is 113 cm³/mol. The van der Waals surface area contributed by atoms with E-state index in [0.717, 1.165) is 34.7 Å². The molecule has 152 valence electrons. The van der Waals surface area contributed by atoms with Gasteiger partial charge in [0.1, 0.15) is 11.4 Å². The second-order valence-corrected chi connectivity index (χ2v) is 6.89. The van der Waals surface area contributed by atoms with Gasteiger partial charge in [-0.2, -0.15) is 10.2 Å². The molecule has 0 aliphatic carbocycles. The number of carbonyl (C=O) groups excluding carboxylic acids is 1. The summed E-state index contributed by atoms with van der Waals surface area (Å²) in [6, 6.07) is 9.39. The summed E-state index contributed by atoms with van der Waals surface area (Å²) in [6.45, 7) is 10.4. The number of carbonyl (C=O) groups is 1. The van der Waals surface area contributed by atoms with Crippen molar-refractivity contribution < 1.29 is 9.53 Å². The lowest BCUT2D eigenvalue weighted by Gasteiger charge is -2.17. The van der Waals surface area contributed by atoms with Crippen molar-refractivity contribution >= 4 is 5.91 Å². The highest BCUT2D eigenvalue weighted by Gasteiger charge is 2.20. The van der Waals surface area contributed by atoms with Gasteiger partial charge in [0.25, 0.3) is 5.91 Å². The SMILES string of the molecule is C=CCn1nc(C)c(-c2cc(C(=O)NC(CC)c3ccc(OC)cc3)[nH]n2)c1C. The molecule has 0 aliphatic rings. The zero-order valence-corrected chi connectivity index (χ0v) is 17.3. The number of nitrogens with one attached hydrogen (secondary N) is 2. The standard InChI is InChI=1S/C22H27N5O2/c1-6-12-27-15(4)21(14(3)26-27)19-13-20(25-24-19)22(28)23-18(7-2)16-8-10-17(29-5)11-9-16/h6,8-11,13,18H,1,7,12H2,2-5H3,(H,23,28)(H,24,25). The minimum Gasteiger partial charge on any atom is -0.497 e. The number of aryl methyl sites for hydroxylation is 1. The molecule has 0 fully saturated rings. The minimum absolute atomic E-state index is 0.0982. The van der Waals surface area contributed by atoms with Crippen molar-refractivity contribution in [1.29, 1.82) is 0 Å². The number of hydrogen-bond donors (Lipinski definition) is 2. The average molecular weight is 393 g/mol. The summed E-state index contributed by atoms with van der Waals surface area (Å²) >= 11 is 0. The van der Waals surface area contributed by atoms with Crippen LogP contribution in [-0.2, 0) is 6.54 Å². The van der Waals surface area contributed by atoms with Crippen LogP contribution in [-0.4, -0.2) is 33.0 Å². The number of ether oxygens (including phenoxy) is 1. The molecule has 29 heavy (non-hydrogen) atoms. The van der Waals surface area contributed by atoms with Crippen molar-refractivity contribution in [2.45, 2.75) is 39.8 Å². The molecule has 7 nitrogen and oxygen atoms in total. The minimum atomic E-state index is -0.194. The number of aromatic amines is 1. The van der Waals surface area contributed by atoms with Gasteiger partial charge in [-0.1, -0.05) is 25.1 Å². The van der Waals surface area contributed by atoms with Crippen LogP contribution in [0.15, 0.2) is 43.0 Å². The number of allylic oxidation sites excluding steroid dienone is 1. The molecule has 1 unspecified atom stereocenters. The van der Waals surface area contributed by atoms with Crippen LogP contribution in [0.3, 0.4) is 0 Å². The number of nitrogens with zero attached hydrogens (tertiary/aromatic N) is 3. The molecule has 3 aromatic rings. The van der Waals surface area contributed by atoms with Gasteiger partial charge in [0.15, 0.2) is 0 Å². The molecule has 0 spiro atoms. The number of aromatic nitrogens is 4. The van der Waals surface area contributed by atoms with Crippen molar-refractivity contribution in [3.05, 3.63) is 65.6 Å². The van der Waals surface area contributed by atoms with E-state index in [2.05, 4.69) is 27.2 Å². The van der Waals surface area contributed by atoms with Crippen molar-refractivity contribution in [2.24, 2.45) is 0 Å². The zero-order valence-electron chi connectivity index (χ0n) is 17.3. The molecule has 1 aromatic carbocycles. The van der Waals surface area contributed by atoms with Crippen molar-refractivity contribution in [3.8, 4) is 17.0 Å². The Balaban J connectivity index is 1.79. The van der Waals surface area contributed by atoms with E-state index in [1.165, 1.54) is 0 Å². The van der Waals surface area contributed by atoms with Crippen LogP contribution in [0.2, 0.25) is 0 Å². The van der Waals surface area contributed by atoms with Gasteiger partial charge in [-0.15, -0.1) is 6.58 Å². The molecule has 0 saturated carbocycles. The summed E-state index contributed by atoms with van der Waals surface area (Å²) in [6.07, 6.45) is 2.57. The van der Waals surface area contributed by atoms with Crippen molar-refractivity contribution in [3.63, 3.8) is 0 Å². The molecule has 3 rings (SSSR count). The maximum absolute atomic E-state index is 12.8. The van der Waals surface area contributed by atoms with Gasteiger partial charge in [0.05, 0.1) is 31.1 Å². The van der Waals surface area contributed by atoms with Gasteiger partial charge >= 0.3 is 0 Å². The molecule has 2 N–H and O–H groups in total. The van der Waals surface area contributed by atoms with Crippen molar-refractivity contribution in [1.82, 2.24) is 25.3 Å². The average Bonchev–Trinajstić information content (AvgIpc) is 3.31. The van der Waals surface area contributed by atoms with Gasteiger partial charge in [0.2, 0.25) is 0 Å². The summed E-state index contributed by atoms with van der Waals surface area (Å²) in [7, 11) is 1.63. The number of methoxy groups -OCH3 is 1. The molecule has 2 heterocycles. The Kier molecular flexibility index (Phi) is 6.16. The molecular formula is C22H27N5O2. The Morgan fingerprint density at radius 1 is 1.34 bits per heavy atom. The van der Waals surface area contributed by atoms with Gasteiger partial charge in [-0.05, 0) is 44.0 Å². The van der Waals surface area contributed by atoms with Crippen LogP contribution in [0.5, 0.6) is 5.75 Å². The van der Waals surface area contributed by atoms with Gasteiger partial charge in [0, 0.05) is 11.3 Å². The van der Waals surface area contributed by atoms with E-state index in [0.29, 0.717) is 17.9 Å². The predicted octanol–water partition coefficient (Wildman–Crippen LogP) is 3.97. The first-order valence-electron chi connectivity index (χ1n) is 9.64. The van der Waals surface area contributed by atoms with Crippen molar-refractivity contribution in [2.75, 3.05) is 7.11 Å². The first kappa shape index (κ1) is 20.4. The summed E-state index contributed by atoms with van der Waals surface area (Å²) in [5.41, 5.74) is 4.95. The Morgan fingerprint density at radius 2 is 2.07 bits per heavy atom. The van der Waals surface area contributed by atoms with E-state index in [4.69, 9.17) is 4.74 Å². The molecule has 1 atom stereocenters. The van der Waals surface area contributed by atoms with Crippen LogP contribution < -0.4 is 10.1 Å². The molecule has 0 bridgehead atoms. The molecule has 2 aromatic heterocycles. The molecular weight excluding hydrogens is 366 g/mol. The molecule has 7 heteroatoms. The van der Waals surface area contributed by atoms with E-state index >= 15 is 0 Å². The van der Waals surface area contributed by atoms with Crippen LogP contribution in [0.4, 0.5) is 0 Å². The first-order valence-corrected chi connectivity index (χ1v) is 9.64. The lowest BCUT2D eigenvalue weighted by atomic mass is 10.0. The smallest absolute Gasteiger partial charge is 0.269 e. The number of H-pyrrole nitrogens is 1. The van der Waals surface area contributed by atoms with Crippen LogP contribution >= 0.6 is 0 Å². The van der Waals surface area contributed by atoms with Crippen LogP contribution in [0, 0.1) is 13.8 Å². The molecule has 0 radical (unpaired) electrons. The number of rotatable bonds is 8. The fraction of sp³-hybridized carbons (Fsp3) is 0.318. The van der Waals surface area contributed by atoms with E-state index in [-0.39, 0.29) is 11.9 Å². The molecule has 0 saturated heterocycles. The van der Waals surface area contributed by atoms with E-state index in [1.807, 2.05) is 49.7 Å². The normalized spacial score (nSPS) is 11.9. The third kappa shape index (κ3) is 4.23. The summed E-state index contributed by atoms with van der Waals surface area (Å²) in [5, 5.41) is 14.8. The number of hydrogen-bond acceptors (Lipinski definition) is 4. The Morgan fingerprint density at radius 3 is 2.69 bits per heavy atom. The Hall–Kier alpha value is -3.35. The topological polar surface area (TPSA) is 84.8 Å². The fourth-order valence-electron chi connectivity index (χ4n) is 3.43. The highest BCUT2D eigenvalue weighted by Crippen LogP contribution is 2.26. The summed E-state index contributed by atoms with van der Waals surface area (Å²) in [5.74, 6) is 0.594. The van der Waals surface area contributed by atoms with E-state index in [1.54, 1.807) is 19.3 Å². The van der Waals surface area contributed by atoms with Gasteiger partial charge in [-0.3, -0.25) is 14.6 Å². The maximum Gasteiger partial charge on any atom is 0.269 e. The second-order valence-electron chi connectivity index (χ2n) is 6.89. The summed E-state index contributed by atoms with van der Waals surface area (Å²) < 4.78 is 7.08. The maximum atomic E-state index is 12.8. The van der Waals surface area contributed by atoms with Crippen LogP contribution in [0.25, 0.3) is 11.3 Å². The Labute approximate surface area is 170 Å². The summed E-state index contributed by atoms with van der Waals surface area (Å²) in [4.78, 5) is 12.8. The third-order valence-corrected chi connectivity index (χ3v) is 4.99. The van der Waals surface area contributed by atoms with Crippen LogP contribution in [0.1, 0.15) is 46.8 Å². The highest BCUT2D eigenvalue weighted by atomic mass is 16.5. The quantitative estimate of drug-likeness (QED) is 0.567.